The molecule has 0 bridgehead atoms. The second kappa shape index (κ2) is 7.89. The number of Topliss-reactive ketones (excluding diaryl/α,β-unsaturated/α-hetero) is 1. The zero-order chi connectivity index (χ0) is 23.1. The lowest BCUT2D eigenvalue weighted by atomic mass is 9.78. The van der Waals surface area contributed by atoms with Gasteiger partial charge in [-0.2, -0.15) is 0 Å². The van der Waals surface area contributed by atoms with Crippen molar-refractivity contribution in [3.63, 3.8) is 0 Å². The van der Waals surface area contributed by atoms with E-state index >= 15 is 0 Å². The maximum atomic E-state index is 13.2. The van der Waals surface area contributed by atoms with Gasteiger partial charge in [0.2, 0.25) is 5.91 Å². The van der Waals surface area contributed by atoms with Crippen LogP contribution in [0, 0.1) is 5.41 Å². The molecule has 2 aliphatic rings. The zero-order valence-electron chi connectivity index (χ0n) is 18.5. The van der Waals surface area contributed by atoms with Gasteiger partial charge in [-0.3, -0.25) is 19.3 Å². The summed E-state index contributed by atoms with van der Waals surface area (Å²) in [6.07, 6.45) is 1.65. The SMILES string of the molecule is CC(C)(C)C(=O)Nc1ccc(C(=O)CN2C(=O)NC3(CCc4ccccc4C3)C2=O)cc1. The highest BCUT2D eigenvalue weighted by atomic mass is 16.2. The number of hydrogen-bond acceptors (Lipinski definition) is 4. The highest BCUT2D eigenvalue weighted by Gasteiger charge is 2.52. The molecule has 166 valence electrons. The number of benzene rings is 2. The minimum atomic E-state index is -0.979. The van der Waals surface area contributed by atoms with Crippen LogP contribution in [0.2, 0.25) is 0 Å². The Labute approximate surface area is 187 Å². The Morgan fingerprint density at radius 3 is 2.34 bits per heavy atom. The summed E-state index contributed by atoms with van der Waals surface area (Å²) >= 11 is 0. The molecule has 2 aromatic carbocycles. The van der Waals surface area contributed by atoms with E-state index in [1.165, 1.54) is 5.56 Å². The fourth-order valence-electron chi connectivity index (χ4n) is 4.14. The number of hydrogen-bond donors (Lipinski definition) is 2. The van der Waals surface area contributed by atoms with Crippen molar-refractivity contribution in [1.29, 1.82) is 0 Å². The van der Waals surface area contributed by atoms with E-state index in [4.69, 9.17) is 0 Å². The van der Waals surface area contributed by atoms with Gasteiger partial charge >= 0.3 is 6.03 Å². The van der Waals surface area contributed by atoms with Crippen molar-refractivity contribution >= 4 is 29.3 Å². The van der Waals surface area contributed by atoms with Gasteiger partial charge in [-0.05, 0) is 48.2 Å². The first-order valence-corrected chi connectivity index (χ1v) is 10.7. The fourth-order valence-corrected chi connectivity index (χ4v) is 4.14. The molecule has 7 heteroatoms. The summed E-state index contributed by atoms with van der Waals surface area (Å²) in [7, 11) is 0. The molecule has 4 amide bonds. The average Bonchev–Trinajstić information content (AvgIpc) is 2.97. The number of carbonyl (C=O) groups excluding carboxylic acids is 4. The van der Waals surface area contributed by atoms with E-state index in [0.29, 0.717) is 30.5 Å². The van der Waals surface area contributed by atoms with Crippen LogP contribution < -0.4 is 10.6 Å². The molecule has 1 saturated heterocycles. The van der Waals surface area contributed by atoms with E-state index < -0.39 is 17.0 Å². The Morgan fingerprint density at radius 2 is 1.69 bits per heavy atom. The molecule has 32 heavy (non-hydrogen) atoms. The molecule has 0 aromatic heterocycles. The van der Waals surface area contributed by atoms with Gasteiger partial charge in [0.15, 0.2) is 5.78 Å². The molecule has 4 rings (SSSR count). The van der Waals surface area contributed by atoms with Crippen molar-refractivity contribution in [2.24, 2.45) is 5.41 Å². The standard InChI is InChI=1S/C25H27N3O4/c1-24(2,3)21(30)26-19-10-8-17(9-11-19)20(29)15-28-22(31)25(27-23(28)32)13-12-16-6-4-5-7-18(16)14-25/h4-11H,12-15H2,1-3H3,(H,26,30)(H,27,32). The summed E-state index contributed by atoms with van der Waals surface area (Å²) in [4.78, 5) is 51.7. The molecular weight excluding hydrogens is 406 g/mol. The van der Waals surface area contributed by atoms with E-state index in [1.54, 1.807) is 24.3 Å². The number of anilines is 1. The lowest BCUT2D eigenvalue weighted by Gasteiger charge is -2.32. The molecule has 1 heterocycles. The first-order valence-electron chi connectivity index (χ1n) is 10.7. The van der Waals surface area contributed by atoms with E-state index in [-0.39, 0.29) is 24.1 Å². The molecule has 0 saturated carbocycles. The normalized spacial score (nSPS) is 20.2. The quantitative estimate of drug-likeness (QED) is 0.571. The third-order valence-electron chi connectivity index (χ3n) is 6.13. The Morgan fingerprint density at radius 1 is 1.03 bits per heavy atom. The lowest BCUT2D eigenvalue weighted by Crippen LogP contribution is -2.51. The van der Waals surface area contributed by atoms with Crippen LogP contribution in [0.15, 0.2) is 48.5 Å². The van der Waals surface area contributed by atoms with Crippen LogP contribution in [0.3, 0.4) is 0 Å². The number of amides is 4. The molecule has 1 fully saturated rings. The number of fused-ring (bicyclic) bond motifs is 1. The van der Waals surface area contributed by atoms with E-state index in [0.717, 1.165) is 10.5 Å². The molecule has 1 aliphatic heterocycles. The highest BCUT2D eigenvalue weighted by molar-refractivity contribution is 6.11. The maximum absolute atomic E-state index is 13.2. The molecule has 7 nitrogen and oxygen atoms in total. The number of rotatable bonds is 4. The van der Waals surface area contributed by atoms with Crippen LogP contribution in [0.4, 0.5) is 10.5 Å². The Balaban J connectivity index is 1.44. The van der Waals surface area contributed by atoms with Crippen LogP contribution in [-0.2, 0) is 22.4 Å². The fraction of sp³-hybridized carbons (Fsp3) is 0.360. The molecule has 1 spiro atoms. The van der Waals surface area contributed by atoms with Gasteiger partial charge in [0.1, 0.15) is 5.54 Å². The topological polar surface area (TPSA) is 95.6 Å². The molecule has 1 aliphatic carbocycles. The predicted molar refractivity (Wildman–Crippen MR) is 120 cm³/mol. The number of ketones is 1. The van der Waals surface area contributed by atoms with Crippen LogP contribution in [-0.4, -0.2) is 40.6 Å². The van der Waals surface area contributed by atoms with Crippen molar-refractivity contribution in [2.45, 2.75) is 45.6 Å². The van der Waals surface area contributed by atoms with Crippen LogP contribution >= 0.6 is 0 Å². The molecule has 2 aromatic rings. The number of aryl methyl sites for hydroxylation is 1. The minimum absolute atomic E-state index is 0.129. The Bertz CT molecular complexity index is 1100. The zero-order valence-corrected chi connectivity index (χ0v) is 18.5. The number of urea groups is 1. The van der Waals surface area contributed by atoms with Crippen molar-refractivity contribution in [1.82, 2.24) is 10.2 Å². The Kier molecular flexibility index (Phi) is 5.36. The van der Waals surface area contributed by atoms with Crippen molar-refractivity contribution in [2.75, 3.05) is 11.9 Å². The van der Waals surface area contributed by atoms with E-state index in [9.17, 15) is 19.2 Å². The monoisotopic (exact) mass is 433 g/mol. The summed E-state index contributed by atoms with van der Waals surface area (Å²) in [5, 5.41) is 5.65. The van der Waals surface area contributed by atoms with E-state index in [2.05, 4.69) is 10.6 Å². The smallest absolute Gasteiger partial charge is 0.325 e. The number of nitrogens with one attached hydrogen (secondary N) is 2. The van der Waals surface area contributed by atoms with Crippen LogP contribution in [0.25, 0.3) is 0 Å². The molecular formula is C25H27N3O4. The molecule has 1 atom stereocenters. The van der Waals surface area contributed by atoms with Gasteiger partial charge in [-0.25, -0.2) is 4.79 Å². The van der Waals surface area contributed by atoms with Crippen LogP contribution in [0.5, 0.6) is 0 Å². The second-order valence-electron chi connectivity index (χ2n) is 9.55. The number of nitrogens with zero attached hydrogens (tertiary/aromatic N) is 1. The van der Waals surface area contributed by atoms with Crippen LogP contribution in [0.1, 0.15) is 48.7 Å². The van der Waals surface area contributed by atoms with Gasteiger partial charge in [0, 0.05) is 23.1 Å². The van der Waals surface area contributed by atoms with Gasteiger partial charge < -0.3 is 10.6 Å². The number of carbonyl (C=O) groups is 4. The lowest BCUT2D eigenvalue weighted by molar-refractivity contribution is -0.131. The van der Waals surface area contributed by atoms with Gasteiger partial charge in [0.25, 0.3) is 5.91 Å². The summed E-state index contributed by atoms with van der Waals surface area (Å²) < 4.78 is 0. The summed E-state index contributed by atoms with van der Waals surface area (Å²) in [5.41, 5.74) is 1.67. The third kappa shape index (κ3) is 4.02. The van der Waals surface area contributed by atoms with Crippen molar-refractivity contribution in [3.8, 4) is 0 Å². The minimum Gasteiger partial charge on any atom is -0.326 e. The molecule has 2 N–H and O–H groups in total. The van der Waals surface area contributed by atoms with E-state index in [1.807, 2.05) is 45.0 Å². The third-order valence-corrected chi connectivity index (χ3v) is 6.13. The largest absolute Gasteiger partial charge is 0.326 e. The average molecular weight is 434 g/mol. The molecule has 0 radical (unpaired) electrons. The van der Waals surface area contributed by atoms with Gasteiger partial charge in [-0.1, -0.05) is 45.0 Å². The number of imide groups is 1. The van der Waals surface area contributed by atoms with Gasteiger partial charge in [-0.15, -0.1) is 0 Å². The highest BCUT2D eigenvalue weighted by Crippen LogP contribution is 2.33. The van der Waals surface area contributed by atoms with Crippen molar-refractivity contribution in [3.05, 3.63) is 65.2 Å². The Hall–Kier alpha value is -3.48. The first kappa shape index (κ1) is 21.7. The van der Waals surface area contributed by atoms with Gasteiger partial charge in [0.05, 0.1) is 6.54 Å². The summed E-state index contributed by atoms with van der Waals surface area (Å²) in [5.74, 6) is -0.815. The maximum Gasteiger partial charge on any atom is 0.325 e. The van der Waals surface area contributed by atoms with Crippen molar-refractivity contribution < 1.29 is 19.2 Å². The predicted octanol–water partition coefficient (Wildman–Crippen LogP) is 3.33. The molecule has 1 unspecified atom stereocenters. The first-order chi connectivity index (χ1) is 15.1. The summed E-state index contributed by atoms with van der Waals surface area (Å²) in [6.45, 7) is 5.13. The second-order valence-corrected chi connectivity index (χ2v) is 9.55. The summed E-state index contributed by atoms with van der Waals surface area (Å²) in [6, 6.07) is 13.8.